The highest BCUT2D eigenvalue weighted by Gasteiger charge is 2.18. The zero-order valence-electron chi connectivity index (χ0n) is 6.98. The van der Waals surface area contributed by atoms with Crippen molar-refractivity contribution in [1.29, 1.82) is 0 Å². The Morgan fingerprint density at radius 1 is 1.25 bits per heavy atom. The van der Waals surface area contributed by atoms with Crippen molar-refractivity contribution in [2.75, 3.05) is 7.11 Å². The van der Waals surface area contributed by atoms with E-state index in [1.165, 1.54) is 7.11 Å². The van der Waals surface area contributed by atoms with Crippen LogP contribution in [0.15, 0.2) is 24.3 Å². The molecule has 1 aromatic carbocycles. The summed E-state index contributed by atoms with van der Waals surface area (Å²) < 4.78 is 20.1. The molecule has 1 aromatic rings. The SMILES string of the molecule is CO[P+](=O)Oc1ccc(C)cc1. The summed E-state index contributed by atoms with van der Waals surface area (Å²) in [6.45, 7) is 1.97. The number of hydrogen-bond donors (Lipinski definition) is 0. The van der Waals surface area contributed by atoms with Gasteiger partial charge in [-0.15, -0.1) is 4.52 Å². The number of hydrogen-bond acceptors (Lipinski definition) is 3. The van der Waals surface area contributed by atoms with E-state index in [4.69, 9.17) is 4.52 Å². The average molecular weight is 185 g/mol. The summed E-state index contributed by atoms with van der Waals surface area (Å²) in [7, 11) is -0.674. The summed E-state index contributed by atoms with van der Waals surface area (Å²) in [4.78, 5) is 0. The van der Waals surface area contributed by atoms with E-state index >= 15 is 0 Å². The smallest absolute Gasteiger partial charge is 0.229 e. The fraction of sp³-hybridized carbons (Fsp3) is 0.250. The molecule has 0 saturated heterocycles. The first-order valence-electron chi connectivity index (χ1n) is 3.48. The van der Waals surface area contributed by atoms with Crippen LogP contribution >= 0.6 is 8.25 Å². The first kappa shape index (κ1) is 9.17. The quantitative estimate of drug-likeness (QED) is 0.679. The van der Waals surface area contributed by atoms with Gasteiger partial charge in [-0.1, -0.05) is 17.7 Å². The van der Waals surface area contributed by atoms with Crippen LogP contribution < -0.4 is 4.52 Å². The zero-order chi connectivity index (χ0) is 8.97. The standard InChI is InChI=1S/C8H10O3P/c1-7-3-5-8(6-4-7)11-12(9)10-2/h3-6H,1-2H3/q+1. The molecule has 3 nitrogen and oxygen atoms in total. The van der Waals surface area contributed by atoms with Gasteiger partial charge in [0.15, 0.2) is 5.75 Å². The lowest BCUT2D eigenvalue weighted by Gasteiger charge is -1.92. The molecule has 4 heteroatoms. The van der Waals surface area contributed by atoms with Gasteiger partial charge in [0.1, 0.15) is 0 Å². The minimum Gasteiger partial charge on any atom is -0.229 e. The van der Waals surface area contributed by atoms with E-state index in [9.17, 15) is 4.57 Å². The first-order valence-corrected chi connectivity index (χ1v) is 4.58. The summed E-state index contributed by atoms with van der Waals surface area (Å²) in [6.07, 6.45) is 0. The number of aryl methyl sites for hydroxylation is 1. The monoisotopic (exact) mass is 185 g/mol. The molecule has 64 valence electrons. The van der Waals surface area contributed by atoms with Crippen molar-refractivity contribution in [3.05, 3.63) is 29.8 Å². The van der Waals surface area contributed by atoms with E-state index < -0.39 is 8.25 Å². The minimum absolute atomic E-state index is 0.559. The minimum atomic E-state index is -2.01. The fourth-order valence-electron chi connectivity index (χ4n) is 0.722. The Morgan fingerprint density at radius 2 is 1.83 bits per heavy atom. The van der Waals surface area contributed by atoms with E-state index in [1.54, 1.807) is 12.1 Å². The van der Waals surface area contributed by atoms with Crippen LogP contribution in [0.4, 0.5) is 0 Å². The Kier molecular flexibility index (Phi) is 3.20. The number of rotatable bonds is 3. The van der Waals surface area contributed by atoms with E-state index in [-0.39, 0.29) is 0 Å². The van der Waals surface area contributed by atoms with Gasteiger partial charge in [-0.2, -0.15) is 0 Å². The molecule has 0 bridgehead atoms. The molecule has 0 radical (unpaired) electrons. The van der Waals surface area contributed by atoms with E-state index in [1.807, 2.05) is 19.1 Å². The molecule has 0 aliphatic heterocycles. The van der Waals surface area contributed by atoms with Crippen LogP contribution in [-0.4, -0.2) is 7.11 Å². The van der Waals surface area contributed by atoms with E-state index in [2.05, 4.69) is 4.52 Å². The third-order valence-electron chi connectivity index (χ3n) is 1.35. The summed E-state index contributed by atoms with van der Waals surface area (Å²) in [5.41, 5.74) is 1.13. The molecule has 0 aliphatic carbocycles. The molecule has 1 unspecified atom stereocenters. The van der Waals surface area contributed by atoms with Crippen LogP contribution in [0.25, 0.3) is 0 Å². The molecule has 0 aromatic heterocycles. The van der Waals surface area contributed by atoms with Gasteiger partial charge in [0.25, 0.3) is 0 Å². The van der Waals surface area contributed by atoms with Crippen molar-refractivity contribution in [2.45, 2.75) is 6.92 Å². The van der Waals surface area contributed by atoms with Crippen molar-refractivity contribution in [3.8, 4) is 5.75 Å². The lowest BCUT2D eigenvalue weighted by molar-refractivity contribution is 0.349. The molecule has 0 amide bonds. The van der Waals surface area contributed by atoms with Crippen LogP contribution in [0.2, 0.25) is 0 Å². The molecular formula is C8H10O3P+. The van der Waals surface area contributed by atoms with Crippen molar-refractivity contribution in [2.24, 2.45) is 0 Å². The van der Waals surface area contributed by atoms with Gasteiger partial charge < -0.3 is 0 Å². The molecule has 1 atom stereocenters. The molecule has 0 spiro atoms. The van der Waals surface area contributed by atoms with Gasteiger partial charge in [0.2, 0.25) is 0 Å². The Bertz CT molecular complexity index is 268. The lowest BCUT2D eigenvalue weighted by atomic mass is 10.2. The lowest BCUT2D eigenvalue weighted by Crippen LogP contribution is -1.82. The maximum Gasteiger partial charge on any atom is 0.749 e. The molecular weight excluding hydrogens is 175 g/mol. The van der Waals surface area contributed by atoms with E-state index in [0.29, 0.717) is 5.75 Å². The number of benzene rings is 1. The molecule has 12 heavy (non-hydrogen) atoms. The van der Waals surface area contributed by atoms with Gasteiger partial charge >= 0.3 is 8.25 Å². The van der Waals surface area contributed by atoms with Crippen LogP contribution in [0.5, 0.6) is 5.75 Å². The average Bonchev–Trinajstić information content (AvgIpc) is 2.09. The zero-order valence-corrected chi connectivity index (χ0v) is 7.88. The largest absolute Gasteiger partial charge is 0.749 e. The van der Waals surface area contributed by atoms with E-state index in [0.717, 1.165) is 5.56 Å². The molecule has 0 heterocycles. The van der Waals surface area contributed by atoms with Crippen LogP contribution in [0.1, 0.15) is 5.56 Å². The van der Waals surface area contributed by atoms with Gasteiger partial charge in [0, 0.05) is 4.57 Å². The second kappa shape index (κ2) is 4.19. The van der Waals surface area contributed by atoms with Crippen molar-refractivity contribution in [3.63, 3.8) is 0 Å². The van der Waals surface area contributed by atoms with Crippen LogP contribution in [-0.2, 0) is 9.09 Å². The molecule has 0 saturated carbocycles. The second-order valence-electron chi connectivity index (χ2n) is 2.31. The third kappa shape index (κ3) is 2.61. The highest BCUT2D eigenvalue weighted by atomic mass is 31.1. The highest BCUT2D eigenvalue weighted by Crippen LogP contribution is 2.26. The van der Waals surface area contributed by atoms with Gasteiger partial charge in [-0.3, -0.25) is 0 Å². The predicted molar refractivity (Wildman–Crippen MR) is 46.4 cm³/mol. The van der Waals surface area contributed by atoms with Gasteiger partial charge in [-0.05, 0) is 19.1 Å². The maximum atomic E-state index is 10.8. The summed E-state index contributed by atoms with van der Waals surface area (Å²) in [5, 5.41) is 0. The Labute approximate surface area is 72.3 Å². The Hall–Kier alpha value is -0.920. The molecule has 0 aliphatic rings. The maximum absolute atomic E-state index is 10.8. The highest BCUT2D eigenvalue weighted by molar-refractivity contribution is 7.33. The Balaban J connectivity index is 2.64. The van der Waals surface area contributed by atoms with Gasteiger partial charge in [-0.25, -0.2) is 4.52 Å². The topological polar surface area (TPSA) is 35.5 Å². The van der Waals surface area contributed by atoms with Crippen molar-refractivity contribution < 1.29 is 13.6 Å². The third-order valence-corrected chi connectivity index (χ3v) is 2.01. The summed E-state index contributed by atoms with van der Waals surface area (Å²) in [5.74, 6) is 0.559. The normalized spacial score (nSPS) is 11.0. The predicted octanol–water partition coefficient (Wildman–Crippen LogP) is 2.68. The molecule has 1 rings (SSSR count). The fourth-order valence-corrected chi connectivity index (χ4v) is 1.09. The van der Waals surface area contributed by atoms with Crippen LogP contribution in [0.3, 0.4) is 0 Å². The van der Waals surface area contributed by atoms with Crippen molar-refractivity contribution in [1.82, 2.24) is 0 Å². The summed E-state index contributed by atoms with van der Waals surface area (Å²) >= 11 is 0. The Morgan fingerprint density at radius 3 is 2.33 bits per heavy atom. The van der Waals surface area contributed by atoms with Gasteiger partial charge in [0.05, 0.1) is 7.11 Å². The second-order valence-corrected chi connectivity index (χ2v) is 3.31. The summed E-state index contributed by atoms with van der Waals surface area (Å²) in [6, 6.07) is 7.27. The van der Waals surface area contributed by atoms with Crippen molar-refractivity contribution >= 4 is 8.25 Å². The first-order chi connectivity index (χ1) is 5.72. The van der Waals surface area contributed by atoms with Crippen LogP contribution in [0, 0.1) is 6.92 Å². The molecule has 0 fully saturated rings. The molecule has 0 N–H and O–H groups in total.